The third-order valence-electron chi connectivity index (χ3n) is 3.98. The Morgan fingerprint density at radius 3 is 2.75 bits per heavy atom. The van der Waals surface area contributed by atoms with E-state index in [2.05, 4.69) is 26.8 Å². The molecule has 5 heteroatoms. The molecule has 2 heterocycles. The number of nitrogens with zero attached hydrogens (tertiary/aromatic N) is 3. The average molecular weight is 322 g/mol. The number of aryl methyl sites for hydroxylation is 2. The van der Waals surface area contributed by atoms with Gasteiger partial charge in [-0.25, -0.2) is 9.97 Å². The Labute approximate surface area is 141 Å². The number of benzene rings is 1. The fourth-order valence-corrected chi connectivity index (χ4v) is 2.75. The number of aromatic nitrogens is 3. The molecule has 0 fully saturated rings. The first-order valence-electron chi connectivity index (χ1n) is 8.34. The normalized spacial score (nSPS) is 10.9. The highest BCUT2D eigenvalue weighted by Gasteiger charge is 2.11. The second-order valence-corrected chi connectivity index (χ2v) is 5.90. The standard InChI is InChI=1S/C19H22N4O/c1-3-13-23-17(22-16-5-4-11-20-18(16)23)10-12-21-19(24)15-8-6-14(2)7-9-15/h4-9,11H,3,10,12-13H2,1-2H3,(H,21,24). The van der Waals surface area contributed by atoms with E-state index in [-0.39, 0.29) is 5.91 Å². The highest BCUT2D eigenvalue weighted by molar-refractivity contribution is 5.94. The summed E-state index contributed by atoms with van der Waals surface area (Å²) in [5.74, 6) is 0.918. The summed E-state index contributed by atoms with van der Waals surface area (Å²) in [7, 11) is 0. The fraction of sp³-hybridized carbons (Fsp3) is 0.316. The lowest BCUT2D eigenvalue weighted by Crippen LogP contribution is -2.26. The first kappa shape index (κ1) is 16.2. The summed E-state index contributed by atoms with van der Waals surface area (Å²) in [6.45, 7) is 5.58. The topological polar surface area (TPSA) is 59.8 Å². The number of hydrogen-bond donors (Lipinski definition) is 1. The number of rotatable bonds is 6. The summed E-state index contributed by atoms with van der Waals surface area (Å²) in [5, 5.41) is 2.97. The summed E-state index contributed by atoms with van der Waals surface area (Å²) in [5.41, 5.74) is 3.65. The summed E-state index contributed by atoms with van der Waals surface area (Å²) in [4.78, 5) is 21.3. The van der Waals surface area contributed by atoms with Gasteiger partial charge in [0.25, 0.3) is 5.91 Å². The predicted octanol–water partition coefficient (Wildman–Crippen LogP) is 3.12. The van der Waals surface area contributed by atoms with Crippen LogP contribution in [-0.4, -0.2) is 27.0 Å². The maximum Gasteiger partial charge on any atom is 0.251 e. The molecule has 0 saturated heterocycles. The molecule has 1 N–H and O–H groups in total. The van der Waals surface area contributed by atoms with Crippen molar-refractivity contribution in [3.63, 3.8) is 0 Å². The van der Waals surface area contributed by atoms with Crippen LogP contribution in [0.3, 0.4) is 0 Å². The molecule has 2 aromatic heterocycles. The van der Waals surface area contributed by atoms with Crippen LogP contribution in [0.1, 0.15) is 35.1 Å². The minimum Gasteiger partial charge on any atom is -0.352 e. The average Bonchev–Trinajstić information content (AvgIpc) is 2.94. The lowest BCUT2D eigenvalue weighted by molar-refractivity contribution is 0.0954. The van der Waals surface area contributed by atoms with Crippen molar-refractivity contribution in [1.29, 1.82) is 0 Å². The van der Waals surface area contributed by atoms with E-state index in [0.717, 1.165) is 35.5 Å². The summed E-state index contributed by atoms with van der Waals surface area (Å²) >= 11 is 0. The summed E-state index contributed by atoms with van der Waals surface area (Å²) < 4.78 is 2.15. The quantitative estimate of drug-likeness (QED) is 0.758. The van der Waals surface area contributed by atoms with E-state index in [1.165, 1.54) is 0 Å². The van der Waals surface area contributed by atoms with Crippen molar-refractivity contribution in [2.24, 2.45) is 0 Å². The van der Waals surface area contributed by atoms with Gasteiger partial charge in [-0.15, -0.1) is 0 Å². The van der Waals surface area contributed by atoms with Gasteiger partial charge in [-0.2, -0.15) is 0 Å². The fourth-order valence-electron chi connectivity index (χ4n) is 2.75. The van der Waals surface area contributed by atoms with Crippen LogP contribution in [0.25, 0.3) is 11.2 Å². The number of fused-ring (bicyclic) bond motifs is 1. The van der Waals surface area contributed by atoms with E-state index < -0.39 is 0 Å². The molecule has 3 aromatic rings. The smallest absolute Gasteiger partial charge is 0.251 e. The number of nitrogens with one attached hydrogen (secondary N) is 1. The van der Waals surface area contributed by atoms with Crippen LogP contribution in [0.5, 0.6) is 0 Å². The Kier molecular flexibility index (Phi) is 4.89. The van der Waals surface area contributed by atoms with E-state index >= 15 is 0 Å². The number of carbonyl (C=O) groups is 1. The van der Waals surface area contributed by atoms with Crippen LogP contribution >= 0.6 is 0 Å². The monoisotopic (exact) mass is 322 g/mol. The zero-order valence-corrected chi connectivity index (χ0v) is 14.1. The minimum atomic E-state index is -0.0497. The first-order chi connectivity index (χ1) is 11.7. The van der Waals surface area contributed by atoms with E-state index in [1.54, 1.807) is 6.20 Å². The first-order valence-corrected chi connectivity index (χ1v) is 8.34. The molecule has 1 amide bonds. The van der Waals surface area contributed by atoms with Crippen molar-refractivity contribution < 1.29 is 4.79 Å². The molecule has 3 rings (SSSR count). The van der Waals surface area contributed by atoms with Crippen LogP contribution in [0.4, 0.5) is 0 Å². The number of hydrogen-bond acceptors (Lipinski definition) is 3. The van der Waals surface area contributed by atoms with Crippen LogP contribution in [0.15, 0.2) is 42.6 Å². The molecule has 0 radical (unpaired) electrons. The number of carbonyl (C=O) groups excluding carboxylic acids is 1. The molecular weight excluding hydrogens is 300 g/mol. The second kappa shape index (κ2) is 7.25. The highest BCUT2D eigenvalue weighted by atomic mass is 16.1. The van der Waals surface area contributed by atoms with Gasteiger partial charge in [-0.3, -0.25) is 4.79 Å². The summed E-state index contributed by atoms with van der Waals surface area (Å²) in [6.07, 6.45) is 3.50. The van der Waals surface area contributed by atoms with Gasteiger partial charge >= 0.3 is 0 Å². The minimum absolute atomic E-state index is 0.0497. The highest BCUT2D eigenvalue weighted by Crippen LogP contribution is 2.14. The van der Waals surface area contributed by atoms with Gasteiger partial charge in [0.05, 0.1) is 0 Å². The number of amides is 1. The lowest BCUT2D eigenvalue weighted by Gasteiger charge is -2.08. The Balaban J connectivity index is 1.68. The van der Waals surface area contributed by atoms with Gasteiger partial charge in [0.2, 0.25) is 0 Å². The van der Waals surface area contributed by atoms with Crippen molar-refractivity contribution in [3.8, 4) is 0 Å². The molecule has 0 aliphatic carbocycles. The zero-order valence-electron chi connectivity index (χ0n) is 14.1. The molecular formula is C19H22N4O. The van der Waals surface area contributed by atoms with Crippen LogP contribution < -0.4 is 5.32 Å². The molecule has 0 aliphatic rings. The zero-order chi connectivity index (χ0) is 16.9. The van der Waals surface area contributed by atoms with Crippen LogP contribution in [0, 0.1) is 6.92 Å². The molecule has 0 aliphatic heterocycles. The maximum absolute atomic E-state index is 12.2. The molecule has 1 aromatic carbocycles. The molecule has 0 unspecified atom stereocenters. The maximum atomic E-state index is 12.2. The van der Waals surface area contributed by atoms with Gasteiger partial charge in [-0.05, 0) is 37.6 Å². The molecule has 0 spiro atoms. The van der Waals surface area contributed by atoms with E-state index in [0.29, 0.717) is 18.5 Å². The lowest BCUT2D eigenvalue weighted by atomic mass is 10.1. The van der Waals surface area contributed by atoms with Crippen molar-refractivity contribution in [2.45, 2.75) is 33.2 Å². The molecule has 0 saturated carbocycles. The number of imidazole rings is 1. The van der Waals surface area contributed by atoms with Crippen LogP contribution in [0.2, 0.25) is 0 Å². The largest absolute Gasteiger partial charge is 0.352 e. The SMILES string of the molecule is CCCn1c(CCNC(=O)c2ccc(C)cc2)nc2cccnc21. The van der Waals surface area contributed by atoms with Crippen molar-refractivity contribution >= 4 is 17.1 Å². The second-order valence-electron chi connectivity index (χ2n) is 5.90. The van der Waals surface area contributed by atoms with E-state index in [9.17, 15) is 4.79 Å². The van der Waals surface area contributed by atoms with Gasteiger partial charge in [0, 0.05) is 31.3 Å². The van der Waals surface area contributed by atoms with Crippen molar-refractivity contribution in [3.05, 3.63) is 59.5 Å². The molecule has 0 bridgehead atoms. The van der Waals surface area contributed by atoms with Crippen molar-refractivity contribution in [1.82, 2.24) is 19.9 Å². The molecule has 5 nitrogen and oxygen atoms in total. The Bertz CT molecular complexity index is 836. The third kappa shape index (κ3) is 3.45. The van der Waals surface area contributed by atoms with Gasteiger partial charge < -0.3 is 9.88 Å². The van der Waals surface area contributed by atoms with Crippen LogP contribution in [-0.2, 0) is 13.0 Å². The Morgan fingerprint density at radius 2 is 2.00 bits per heavy atom. The van der Waals surface area contributed by atoms with Gasteiger partial charge in [0.1, 0.15) is 11.3 Å². The van der Waals surface area contributed by atoms with E-state index in [1.807, 2.05) is 43.3 Å². The van der Waals surface area contributed by atoms with E-state index in [4.69, 9.17) is 0 Å². The molecule has 124 valence electrons. The number of pyridine rings is 1. The Morgan fingerprint density at radius 1 is 1.21 bits per heavy atom. The Hall–Kier alpha value is -2.69. The summed E-state index contributed by atoms with van der Waals surface area (Å²) in [6, 6.07) is 11.5. The predicted molar refractivity (Wildman–Crippen MR) is 95.0 cm³/mol. The van der Waals surface area contributed by atoms with Crippen molar-refractivity contribution in [2.75, 3.05) is 6.54 Å². The van der Waals surface area contributed by atoms with Gasteiger partial charge in [0.15, 0.2) is 5.65 Å². The molecule has 24 heavy (non-hydrogen) atoms. The molecule has 0 atom stereocenters. The third-order valence-corrected chi connectivity index (χ3v) is 3.98. The van der Waals surface area contributed by atoms with Gasteiger partial charge in [-0.1, -0.05) is 24.6 Å².